The van der Waals surface area contributed by atoms with Gasteiger partial charge >= 0.3 is 6.18 Å². The number of amides is 1. The van der Waals surface area contributed by atoms with Crippen molar-refractivity contribution < 1.29 is 31.1 Å². The van der Waals surface area contributed by atoms with Crippen molar-refractivity contribution in [1.29, 1.82) is 0 Å². The molecule has 4 aromatic rings. The number of fused-ring (bicyclic) bond motifs is 1. The number of halogens is 3. The molecule has 1 amide bonds. The Morgan fingerprint density at radius 2 is 1.68 bits per heavy atom. The van der Waals surface area contributed by atoms with E-state index in [9.17, 15) is 26.4 Å². The number of nitrogens with zero attached hydrogens (tertiary/aromatic N) is 2. The fourth-order valence-corrected chi connectivity index (χ4v) is 4.69. The van der Waals surface area contributed by atoms with Crippen LogP contribution in [0.3, 0.4) is 0 Å². The summed E-state index contributed by atoms with van der Waals surface area (Å²) in [6, 6.07) is 12.7. The number of benzene rings is 2. The molecule has 0 fully saturated rings. The number of nitrogens with one attached hydrogen (secondary N) is 1. The van der Waals surface area contributed by atoms with Crippen LogP contribution in [0.5, 0.6) is 5.88 Å². The Balaban J connectivity index is 1.47. The average Bonchev–Trinajstić information content (AvgIpc) is 3.23. The molecule has 0 aliphatic carbocycles. The van der Waals surface area contributed by atoms with E-state index in [1.165, 1.54) is 30.5 Å². The quantitative estimate of drug-likeness (QED) is 0.350. The normalized spacial score (nSPS) is 12.0. The molecular formula is C26H24F3N3O4S. The number of alkyl halides is 3. The number of ether oxygens (including phenoxy) is 1. The number of aryl methyl sites for hydroxylation is 1. The Hall–Kier alpha value is -3.86. The molecule has 0 saturated heterocycles. The average molecular weight is 532 g/mol. The molecule has 2 aromatic carbocycles. The van der Waals surface area contributed by atoms with E-state index < -0.39 is 21.6 Å². The third-order valence-corrected chi connectivity index (χ3v) is 7.62. The second-order valence-corrected chi connectivity index (χ2v) is 10.7. The van der Waals surface area contributed by atoms with Gasteiger partial charge in [-0.15, -0.1) is 0 Å². The molecule has 0 aliphatic rings. The standard InChI is InChI=1S/C26H24F3N3O4S/c1-3-37(34,35)20-10-6-17(7-11-20)14-31-24(33)22-15-32(2)23-21(22)12-13-30-25(23)36-16-18-4-8-19(9-5-18)26(27,28)29/h4-13,15H,3,14,16H2,1-2H3,(H,31,33). The topological polar surface area (TPSA) is 90.3 Å². The van der Waals surface area contributed by atoms with Gasteiger partial charge in [0.25, 0.3) is 5.91 Å². The molecule has 2 aromatic heterocycles. The Bertz CT molecular complexity index is 1530. The summed E-state index contributed by atoms with van der Waals surface area (Å²) in [5.41, 5.74) is 1.50. The summed E-state index contributed by atoms with van der Waals surface area (Å²) in [5, 5.41) is 3.43. The molecule has 0 spiro atoms. The minimum absolute atomic E-state index is 0.000701. The lowest BCUT2D eigenvalue weighted by molar-refractivity contribution is -0.137. The van der Waals surface area contributed by atoms with Crippen molar-refractivity contribution in [1.82, 2.24) is 14.9 Å². The summed E-state index contributed by atoms with van der Waals surface area (Å²) in [7, 11) is -1.56. The number of hydrogen-bond donors (Lipinski definition) is 1. The van der Waals surface area contributed by atoms with Crippen LogP contribution in [0.1, 0.15) is 34.0 Å². The lowest BCUT2D eigenvalue weighted by atomic mass is 10.1. The molecule has 0 bridgehead atoms. The summed E-state index contributed by atoms with van der Waals surface area (Å²) >= 11 is 0. The maximum atomic E-state index is 12.9. The van der Waals surface area contributed by atoms with Gasteiger partial charge in [-0.3, -0.25) is 4.79 Å². The maximum absolute atomic E-state index is 12.9. The van der Waals surface area contributed by atoms with Gasteiger partial charge in [0.05, 0.1) is 21.8 Å². The second kappa shape index (κ2) is 10.3. The summed E-state index contributed by atoms with van der Waals surface area (Å²) in [6.45, 7) is 1.78. The van der Waals surface area contributed by atoms with E-state index >= 15 is 0 Å². The van der Waals surface area contributed by atoms with Gasteiger partial charge in [-0.1, -0.05) is 31.2 Å². The molecule has 4 rings (SSSR count). The predicted molar refractivity (Wildman–Crippen MR) is 132 cm³/mol. The molecule has 11 heteroatoms. The highest BCUT2D eigenvalue weighted by Gasteiger charge is 2.30. The first-order valence-corrected chi connectivity index (χ1v) is 13.0. The van der Waals surface area contributed by atoms with Crippen LogP contribution in [-0.4, -0.2) is 29.6 Å². The third kappa shape index (κ3) is 5.77. The van der Waals surface area contributed by atoms with Crippen molar-refractivity contribution in [3.8, 4) is 5.88 Å². The van der Waals surface area contributed by atoms with Crippen LogP contribution in [0.25, 0.3) is 10.9 Å². The Labute approximate surface area is 211 Å². The SMILES string of the molecule is CCS(=O)(=O)c1ccc(CNC(=O)c2cn(C)c3c(OCc4ccc(C(F)(F)F)cc4)nccc23)cc1. The van der Waals surface area contributed by atoms with E-state index in [-0.39, 0.29) is 35.6 Å². The largest absolute Gasteiger partial charge is 0.471 e. The number of sulfone groups is 1. The van der Waals surface area contributed by atoms with Gasteiger partial charge in [0.2, 0.25) is 5.88 Å². The van der Waals surface area contributed by atoms with Crippen LogP contribution < -0.4 is 10.1 Å². The zero-order valence-corrected chi connectivity index (χ0v) is 20.9. The highest BCUT2D eigenvalue weighted by Crippen LogP contribution is 2.30. The Kier molecular flexibility index (Phi) is 7.26. The monoisotopic (exact) mass is 531 g/mol. The lowest BCUT2D eigenvalue weighted by Crippen LogP contribution is -2.22. The van der Waals surface area contributed by atoms with Gasteiger partial charge in [0.15, 0.2) is 9.84 Å². The van der Waals surface area contributed by atoms with Crippen LogP contribution >= 0.6 is 0 Å². The van der Waals surface area contributed by atoms with E-state index in [0.717, 1.165) is 17.7 Å². The zero-order valence-electron chi connectivity index (χ0n) is 20.0. The highest BCUT2D eigenvalue weighted by atomic mass is 32.2. The minimum Gasteiger partial charge on any atom is -0.471 e. The van der Waals surface area contributed by atoms with Crippen molar-refractivity contribution in [2.75, 3.05) is 5.75 Å². The maximum Gasteiger partial charge on any atom is 0.416 e. The van der Waals surface area contributed by atoms with Gasteiger partial charge in [-0.05, 0) is 41.5 Å². The van der Waals surface area contributed by atoms with Gasteiger partial charge in [-0.2, -0.15) is 13.2 Å². The molecule has 1 N–H and O–H groups in total. The molecule has 0 radical (unpaired) electrons. The molecule has 37 heavy (non-hydrogen) atoms. The van der Waals surface area contributed by atoms with Crippen LogP contribution in [0.15, 0.2) is 71.9 Å². The number of aromatic nitrogens is 2. The number of hydrogen-bond acceptors (Lipinski definition) is 5. The molecule has 0 atom stereocenters. The molecule has 0 unspecified atom stereocenters. The number of carbonyl (C=O) groups is 1. The van der Waals surface area contributed by atoms with Crippen LogP contribution in [0.4, 0.5) is 13.2 Å². The first-order valence-electron chi connectivity index (χ1n) is 11.3. The summed E-state index contributed by atoms with van der Waals surface area (Å²) in [6.07, 6.45) is -1.27. The molecule has 0 saturated carbocycles. The second-order valence-electron chi connectivity index (χ2n) is 8.38. The Morgan fingerprint density at radius 1 is 1.03 bits per heavy atom. The fraction of sp³-hybridized carbons (Fsp3) is 0.231. The Morgan fingerprint density at radius 3 is 2.30 bits per heavy atom. The minimum atomic E-state index is -4.41. The van der Waals surface area contributed by atoms with Gasteiger partial charge in [-0.25, -0.2) is 13.4 Å². The van der Waals surface area contributed by atoms with Gasteiger partial charge in [0.1, 0.15) is 12.1 Å². The zero-order chi connectivity index (χ0) is 26.8. The summed E-state index contributed by atoms with van der Waals surface area (Å²) < 4.78 is 69.8. The fourth-order valence-electron chi connectivity index (χ4n) is 3.81. The van der Waals surface area contributed by atoms with Crippen molar-refractivity contribution in [3.63, 3.8) is 0 Å². The first-order chi connectivity index (χ1) is 17.5. The van der Waals surface area contributed by atoms with Gasteiger partial charge < -0.3 is 14.6 Å². The van der Waals surface area contributed by atoms with Crippen molar-refractivity contribution >= 4 is 26.6 Å². The smallest absolute Gasteiger partial charge is 0.416 e. The molecule has 7 nitrogen and oxygen atoms in total. The number of pyridine rings is 1. The van der Waals surface area contributed by atoms with E-state index in [0.29, 0.717) is 22.0 Å². The van der Waals surface area contributed by atoms with E-state index in [1.807, 2.05) is 0 Å². The molecule has 2 heterocycles. The van der Waals surface area contributed by atoms with Gasteiger partial charge in [0, 0.05) is 31.4 Å². The van der Waals surface area contributed by atoms with Crippen LogP contribution in [-0.2, 0) is 36.2 Å². The van der Waals surface area contributed by atoms with E-state index in [2.05, 4.69) is 10.3 Å². The summed E-state index contributed by atoms with van der Waals surface area (Å²) in [4.78, 5) is 17.4. The predicted octanol–water partition coefficient (Wildman–Crippen LogP) is 4.89. The third-order valence-electron chi connectivity index (χ3n) is 5.87. The molecule has 0 aliphatic heterocycles. The first kappa shape index (κ1) is 26.2. The molecular weight excluding hydrogens is 507 g/mol. The van der Waals surface area contributed by atoms with Crippen molar-refractivity contribution in [2.45, 2.75) is 31.1 Å². The van der Waals surface area contributed by atoms with Crippen LogP contribution in [0.2, 0.25) is 0 Å². The number of carbonyl (C=O) groups excluding carboxylic acids is 1. The van der Waals surface area contributed by atoms with Crippen molar-refractivity contribution in [3.05, 3.63) is 89.2 Å². The lowest BCUT2D eigenvalue weighted by Gasteiger charge is -2.10. The van der Waals surface area contributed by atoms with Crippen LogP contribution in [0, 0.1) is 0 Å². The number of rotatable bonds is 8. The molecule has 194 valence electrons. The van der Waals surface area contributed by atoms with Crippen molar-refractivity contribution in [2.24, 2.45) is 7.05 Å². The van der Waals surface area contributed by atoms with E-state index in [1.54, 1.807) is 42.9 Å². The van der Waals surface area contributed by atoms with E-state index in [4.69, 9.17) is 4.74 Å². The highest BCUT2D eigenvalue weighted by molar-refractivity contribution is 7.91. The summed E-state index contributed by atoms with van der Waals surface area (Å²) in [5.74, 6) is -0.0860.